The average molecular weight is 413 g/mol. The van der Waals surface area contributed by atoms with Crippen molar-refractivity contribution in [2.75, 3.05) is 26.7 Å². The Morgan fingerprint density at radius 3 is 1.57 bits per heavy atom. The Morgan fingerprint density at radius 1 is 0.700 bits per heavy atom. The lowest BCUT2D eigenvalue weighted by atomic mass is 10.2. The summed E-state index contributed by atoms with van der Waals surface area (Å²) in [5, 5.41) is 2.96. The highest BCUT2D eigenvalue weighted by atomic mass is 16.1. The second-order valence-electron chi connectivity index (χ2n) is 7.20. The monoisotopic (exact) mass is 412 g/mol. The van der Waals surface area contributed by atoms with E-state index in [1.54, 1.807) is 0 Å². The van der Waals surface area contributed by atoms with E-state index in [2.05, 4.69) is 104 Å². The number of amides is 1. The fourth-order valence-corrected chi connectivity index (χ4v) is 2.49. The van der Waals surface area contributed by atoms with Crippen LogP contribution in [0.25, 0.3) is 0 Å². The fraction of sp³-hybridized carbons (Fsp3) is 0.519. The minimum absolute atomic E-state index is 0.138. The van der Waals surface area contributed by atoms with Gasteiger partial charge >= 0.3 is 0 Å². The van der Waals surface area contributed by atoms with Gasteiger partial charge < -0.3 is 10.2 Å². The van der Waals surface area contributed by atoms with Crippen molar-refractivity contribution in [1.82, 2.24) is 10.2 Å². The molecule has 0 aromatic rings. The molecule has 0 saturated heterocycles. The third kappa shape index (κ3) is 22.2. The van der Waals surface area contributed by atoms with Crippen LogP contribution < -0.4 is 5.32 Å². The molecule has 0 aromatic carbocycles. The van der Waals surface area contributed by atoms with E-state index in [1.165, 1.54) is 0 Å². The fourth-order valence-electron chi connectivity index (χ4n) is 2.49. The van der Waals surface area contributed by atoms with Gasteiger partial charge in [0.05, 0.1) is 0 Å². The summed E-state index contributed by atoms with van der Waals surface area (Å²) in [5.74, 6) is 0.138. The molecule has 3 heteroatoms. The topological polar surface area (TPSA) is 32.3 Å². The molecule has 3 nitrogen and oxygen atoms in total. The molecule has 0 unspecified atom stereocenters. The lowest BCUT2D eigenvalue weighted by Crippen LogP contribution is -2.32. The zero-order chi connectivity index (χ0) is 22.1. The summed E-state index contributed by atoms with van der Waals surface area (Å²) in [6.07, 6.45) is 33.7. The SMILES string of the molecule is CC/C=C\C/C=C\C/C=C\C/C=C\C/C=C\C/C=C\CCC(=O)NCCN(C)CC. The lowest BCUT2D eigenvalue weighted by Gasteiger charge is -2.13. The van der Waals surface area contributed by atoms with E-state index < -0.39 is 0 Å². The van der Waals surface area contributed by atoms with Crippen molar-refractivity contribution >= 4 is 5.91 Å². The van der Waals surface area contributed by atoms with Gasteiger partial charge in [-0.25, -0.2) is 0 Å². The van der Waals surface area contributed by atoms with Crippen LogP contribution in [-0.4, -0.2) is 37.5 Å². The van der Waals surface area contributed by atoms with Gasteiger partial charge in [-0.15, -0.1) is 0 Å². The molecule has 1 amide bonds. The molecule has 0 fully saturated rings. The van der Waals surface area contributed by atoms with Crippen LogP contribution in [0, 0.1) is 0 Å². The Morgan fingerprint density at radius 2 is 1.13 bits per heavy atom. The van der Waals surface area contributed by atoms with Gasteiger partial charge in [-0.3, -0.25) is 4.79 Å². The van der Waals surface area contributed by atoms with Crippen LogP contribution in [0.5, 0.6) is 0 Å². The van der Waals surface area contributed by atoms with Crippen molar-refractivity contribution in [1.29, 1.82) is 0 Å². The largest absolute Gasteiger partial charge is 0.355 e. The molecule has 0 spiro atoms. The summed E-state index contributed by atoms with van der Waals surface area (Å²) in [6, 6.07) is 0. The highest BCUT2D eigenvalue weighted by molar-refractivity contribution is 5.75. The number of hydrogen-bond acceptors (Lipinski definition) is 2. The van der Waals surface area contributed by atoms with Gasteiger partial charge in [-0.2, -0.15) is 0 Å². The summed E-state index contributed by atoms with van der Waals surface area (Å²) in [7, 11) is 2.06. The molecular weight excluding hydrogens is 368 g/mol. The number of nitrogens with one attached hydrogen (secondary N) is 1. The number of carbonyl (C=O) groups is 1. The Kier molecular flexibility index (Phi) is 21.5. The van der Waals surface area contributed by atoms with E-state index in [9.17, 15) is 4.79 Å². The molecule has 0 aromatic heterocycles. The van der Waals surface area contributed by atoms with Crippen LogP contribution in [0.3, 0.4) is 0 Å². The Hall–Kier alpha value is -2.13. The van der Waals surface area contributed by atoms with Crippen molar-refractivity contribution in [2.45, 2.75) is 65.2 Å². The smallest absolute Gasteiger partial charge is 0.220 e. The first-order valence-corrected chi connectivity index (χ1v) is 11.6. The molecule has 0 heterocycles. The standard InChI is InChI=1S/C27H44N2O/c1-4-6-7-8-9-10-11-12-13-14-15-16-17-18-19-20-21-22-23-24-27(30)28-25-26-29(3)5-2/h6-7,9-10,12-13,15-16,18-19,21-22H,4-5,8,11,14,17,20,23-26H2,1-3H3,(H,28,30)/b7-6-,10-9-,13-12-,16-15-,19-18-,22-21-. The Balaban J connectivity index is 3.57. The molecular formula is C27H44N2O. The molecule has 0 aliphatic carbocycles. The Bertz CT molecular complexity index is 567. The minimum Gasteiger partial charge on any atom is -0.355 e. The number of likely N-dealkylation sites (N-methyl/N-ethyl adjacent to an activating group) is 1. The van der Waals surface area contributed by atoms with Crippen LogP contribution in [0.15, 0.2) is 72.9 Å². The third-order valence-electron chi connectivity index (χ3n) is 4.49. The maximum absolute atomic E-state index is 11.7. The van der Waals surface area contributed by atoms with Crippen LogP contribution in [-0.2, 0) is 4.79 Å². The van der Waals surface area contributed by atoms with E-state index in [4.69, 9.17) is 0 Å². The summed E-state index contributed by atoms with van der Waals surface area (Å²) in [4.78, 5) is 13.9. The number of carbonyl (C=O) groups excluding carboxylic acids is 1. The van der Waals surface area contributed by atoms with E-state index in [0.29, 0.717) is 6.42 Å². The molecule has 168 valence electrons. The maximum Gasteiger partial charge on any atom is 0.220 e. The maximum atomic E-state index is 11.7. The summed E-state index contributed by atoms with van der Waals surface area (Å²) in [5.41, 5.74) is 0. The zero-order valence-corrected chi connectivity index (χ0v) is 19.6. The van der Waals surface area contributed by atoms with Crippen molar-refractivity contribution in [3.8, 4) is 0 Å². The summed E-state index contributed by atoms with van der Waals surface area (Å²) in [6.45, 7) is 6.91. The van der Waals surface area contributed by atoms with Crippen LogP contribution >= 0.6 is 0 Å². The predicted molar refractivity (Wildman–Crippen MR) is 134 cm³/mol. The second kappa shape index (κ2) is 23.2. The summed E-state index contributed by atoms with van der Waals surface area (Å²) < 4.78 is 0. The van der Waals surface area contributed by atoms with Crippen molar-refractivity contribution in [2.24, 2.45) is 0 Å². The van der Waals surface area contributed by atoms with E-state index in [-0.39, 0.29) is 5.91 Å². The predicted octanol–water partition coefficient (Wildman–Crippen LogP) is 6.53. The molecule has 0 rings (SSSR count). The van der Waals surface area contributed by atoms with Gasteiger partial charge in [-0.1, -0.05) is 86.8 Å². The van der Waals surface area contributed by atoms with Gasteiger partial charge in [0.2, 0.25) is 5.91 Å². The highest BCUT2D eigenvalue weighted by Crippen LogP contribution is 1.97. The van der Waals surface area contributed by atoms with Crippen molar-refractivity contribution < 1.29 is 4.79 Å². The molecule has 0 aliphatic heterocycles. The van der Waals surface area contributed by atoms with Gasteiger partial charge in [0, 0.05) is 19.5 Å². The van der Waals surface area contributed by atoms with Gasteiger partial charge in [0.15, 0.2) is 0 Å². The zero-order valence-electron chi connectivity index (χ0n) is 19.6. The molecule has 30 heavy (non-hydrogen) atoms. The first-order chi connectivity index (χ1) is 14.7. The molecule has 0 aliphatic rings. The van der Waals surface area contributed by atoms with E-state index in [1.807, 2.05) is 0 Å². The summed E-state index contributed by atoms with van der Waals surface area (Å²) >= 11 is 0. The molecule has 0 radical (unpaired) electrons. The van der Waals surface area contributed by atoms with Gasteiger partial charge in [0.25, 0.3) is 0 Å². The second-order valence-corrected chi connectivity index (χ2v) is 7.20. The van der Waals surface area contributed by atoms with Gasteiger partial charge in [-0.05, 0) is 58.5 Å². The Labute approximate surface area is 186 Å². The normalized spacial score (nSPS) is 12.9. The first-order valence-electron chi connectivity index (χ1n) is 11.6. The average Bonchev–Trinajstić information content (AvgIpc) is 2.75. The highest BCUT2D eigenvalue weighted by Gasteiger charge is 1.99. The van der Waals surface area contributed by atoms with Gasteiger partial charge in [0.1, 0.15) is 0 Å². The van der Waals surface area contributed by atoms with E-state index in [0.717, 1.165) is 64.6 Å². The quantitative estimate of drug-likeness (QED) is 0.259. The molecule has 0 atom stereocenters. The van der Waals surface area contributed by atoms with Crippen LogP contribution in [0.4, 0.5) is 0 Å². The molecule has 0 bridgehead atoms. The number of nitrogens with zero attached hydrogens (tertiary/aromatic N) is 1. The van der Waals surface area contributed by atoms with Crippen molar-refractivity contribution in [3.05, 3.63) is 72.9 Å². The lowest BCUT2D eigenvalue weighted by molar-refractivity contribution is -0.121. The number of hydrogen-bond donors (Lipinski definition) is 1. The minimum atomic E-state index is 0.138. The van der Waals surface area contributed by atoms with E-state index >= 15 is 0 Å². The molecule has 1 N–H and O–H groups in total. The van der Waals surface area contributed by atoms with Crippen LogP contribution in [0.1, 0.15) is 65.2 Å². The number of allylic oxidation sites excluding steroid dienone is 12. The third-order valence-corrected chi connectivity index (χ3v) is 4.49. The van der Waals surface area contributed by atoms with Crippen LogP contribution in [0.2, 0.25) is 0 Å². The first kappa shape index (κ1) is 27.9. The molecule has 0 saturated carbocycles. The number of rotatable bonds is 18. The van der Waals surface area contributed by atoms with Crippen molar-refractivity contribution in [3.63, 3.8) is 0 Å².